The van der Waals surface area contributed by atoms with E-state index in [0.29, 0.717) is 62.6 Å². The summed E-state index contributed by atoms with van der Waals surface area (Å²) in [5.41, 5.74) is 6.40. The van der Waals surface area contributed by atoms with Crippen LogP contribution in [0.4, 0.5) is 68.2 Å². The van der Waals surface area contributed by atoms with E-state index in [1.807, 2.05) is 0 Å². The molecule has 117 heavy (non-hydrogen) atoms. The zero-order valence-corrected chi connectivity index (χ0v) is 67.0. The van der Waals surface area contributed by atoms with Crippen molar-refractivity contribution in [3.05, 3.63) is 198 Å². The fourth-order valence-corrected chi connectivity index (χ4v) is 6.70. The Hall–Kier alpha value is -15.6. The van der Waals surface area contributed by atoms with Crippen LogP contribution >= 0.6 is 0 Å². The zero-order valence-electron chi connectivity index (χ0n) is 65.5. The van der Waals surface area contributed by atoms with E-state index in [0.717, 1.165) is 41.5 Å². The lowest BCUT2D eigenvalue weighted by Crippen LogP contribution is -3.00. The summed E-state index contributed by atoms with van der Waals surface area (Å²) in [6.07, 6.45) is 0. The molecule has 0 radical (unpaired) electrons. The van der Waals surface area contributed by atoms with E-state index in [-0.39, 0.29) is 107 Å². The highest BCUT2D eigenvalue weighted by molar-refractivity contribution is 5.93. The van der Waals surface area contributed by atoms with E-state index in [4.69, 9.17) is 90.6 Å². The first-order chi connectivity index (χ1) is 53.5. The Morgan fingerprint density at radius 1 is 0.256 bits per heavy atom. The number of rotatable bonds is 10. The zero-order chi connectivity index (χ0) is 89.3. The average Bonchev–Trinajstić information content (AvgIpc) is 0.855. The van der Waals surface area contributed by atoms with Gasteiger partial charge in [-0.1, -0.05) is 42.5 Å². The number of benzene rings is 8. The number of carboxylic acids is 6. The van der Waals surface area contributed by atoms with Gasteiger partial charge >= 0.3 is 11.4 Å². The molecule has 0 saturated heterocycles. The fourth-order valence-electron chi connectivity index (χ4n) is 6.70. The molecule has 0 aliphatic heterocycles. The summed E-state index contributed by atoms with van der Waals surface area (Å²) in [4.78, 5) is 145. The first kappa shape index (κ1) is 115. The van der Waals surface area contributed by atoms with Gasteiger partial charge in [0, 0.05) is 185 Å². The van der Waals surface area contributed by atoms with Gasteiger partial charge in [0.15, 0.2) is 9.95 Å². The molecular weight excluding hydrogens is 1580 g/mol. The van der Waals surface area contributed by atoms with E-state index in [1.165, 1.54) is 85.7 Å². The Balaban J connectivity index is -0.000000233. The van der Waals surface area contributed by atoms with Gasteiger partial charge in [0.05, 0.1) is 17.8 Å². The summed E-state index contributed by atoms with van der Waals surface area (Å²) in [6.45, 7) is 17.8. The molecule has 0 spiro atoms. The van der Waals surface area contributed by atoms with Crippen LogP contribution < -0.4 is 67.3 Å². The number of halogens is 2. The lowest BCUT2D eigenvalue weighted by atomic mass is 10.2. The Morgan fingerprint density at radius 2 is 0.444 bits per heavy atom. The van der Waals surface area contributed by atoms with Crippen molar-refractivity contribution in [2.45, 2.75) is 96.9 Å². The first-order valence-electron chi connectivity index (χ1n) is 32.3. The molecule has 0 saturated carbocycles. The van der Waals surface area contributed by atoms with Crippen molar-refractivity contribution in [3.8, 4) is 28.7 Å². The van der Waals surface area contributed by atoms with Gasteiger partial charge in [-0.25, -0.2) is 0 Å². The van der Waals surface area contributed by atoms with Crippen LogP contribution in [0.1, 0.15) is 96.9 Å². The Bertz CT molecular complexity index is 4200. The summed E-state index contributed by atoms with van der Waals surface area (Å²) in [5.74, 6) is -5.77. The molecule has 8 aromatic rings. The maximum absolute atomic E-state index is 11.0. The van der Waals surface area contributed by atoms with Crippen LogP contribution in [0.15, 0.2) is 198 Å². The standard InChI is InChI=1S/C16H16N4O3.2C8H7N3O.4C8H9NO2.6C2H4O2.2ClH/c1-10(21)17-12-4-3-5-14(8-12)19-20-15-7-6-13(9-16(15)23)18-11(2)22;2*1-6(12)10-7-3-2-4-8(5-7)11-9;4*1-6(10)9-7-3-2-4-8(11)5-7;6*1-2(3)4;;/h3-9,23H,1-2H3,(H,17,21)(H,18,22);2*2-5H,1H3;4*2-5,11H,1H3,(H,9,10);6*1H3,(H,3,4);2*1H. The van der Waals surface area contributed by atoms with Gasteiger partial charge in [0.2, 0.25) is 58.0 Å². The molecule has 0 aromatic heterocycles. The predicted octanol–water partition coefficient (Wildman–Crippen LogP) is 7.94. The minimum absolute atomic E-state index is 0. The number of diazo groups is 2. The van der Waals surface area contributed by atoms with Gasteiger partial charge < -0.3 is 124 Å². The topological polar surface area (TPSA) is 639 Å². The SMILES string of the molecule is CC(=O)Nc1cccc(N=Nc2ccc(NC(C)=O)cc2O)c1.CC(=O)Nc1cccc(O)c1.CC(=O)Nc1cccc(O)c1.CC(=O)Nc1cccc(O)c1.CC(=O)Nc1cccc(O)c1.CC(=O)Nc1cccc([N+]#N)c1.CC(=O)Nc1cccc([N+]#N)c1.CC(=O)O.CC(=O)O.CC(=O)O.CC(=O)O.CC(=O)O.CC(=O)O.[Cl-].[Cl-]. The minimum atomic E-state index is -0.833. The number of nitrogens with zero attached hydrogens (tertiary/aromatic N) is 6. The molecule has 0 aliphatic rings. The average molecular weight is 1670 g/mol. The van der Waals surface area contributed by atoms with Gasteiger partial charge in [-0.2, -0.15) is 5.11 Å². The number of carbonyl (C=O) groups excluding carboxylic acids is 8. The number of hydrogen-bond donors (Lipinski definition) is 19. The molecule has 0 atom stereocenters. The molecule has 0 bridgehead atoms. The summed E-state index contributed by atoms with van der Waals surface area (Å²) in [7, 11) is 0. The van der Waals surface area contributed by atoms with Gasteiger partial charge in [-0.15, -0.1) is 5.11 Å². The third kappa shape index (κ3) is 82.7. The Labute approximate surface area is 683 Å². The summed E-state index contributed by atoms with van der Waals surface area (Å²) in [5, 5.41) is 136. The third-order valence-electron chi connectivity index (χ3n) is 9.97. The van der Waals surface area contributed by atoms with Crippen molar-refractivity contribution in [1.82, 2.24) is 0 Å². The number of aliphatic carboxylic acids is 6. The van der Waals surface area contributed by atoms with Crippen LogP contribution in [0.3, 0.4) is 0 Å². The van der Waals surface area contributed by atoms with Gasteiger partial charge in [-0.3, -0.25) is 67.1 Å². The molecule has 19 N–H and O–H groups in total. The first-order valence-corrected chi connectivity index (χ1v) is 32.3. The largest absolute Gasteiger partial charge is 1.00 e. The van der Waals surface area contributed by atoms with E-state index >= 15 is 0 Å². The number of phenols is 5. The third-order valence-corrected chi connectivity index (χ3v) is 9.97. The number of carboxylic acid groups (broad SMARTS) is 6. The molecule has 0 aliphatic carbocycles. The predicted molar refractivity (Wildman–Crippen MR) is 428 cm³/mol. The van der Waals surface area contributed by atoms with Crippen molar-refractivity contribution < 1.29 is 148 Å². The quantitative estimate of drug-likeness (QED) is 0.0456. The number of phenolic OH excluding ortho intramolecular Hbond substituents is 5. The van der Waals surface area contributed by atoms with Crippen LogP contribution in [0.2, 0.25) is 0 Å². The molecule has 0 fully saturated rings. The fraction of sp³-hybridized carbons (Fsp3) is 0.184. The second-order valence-corrected chi connectivity index (χ2v) is 21.5. The monoisotopic (exact) mass is 1670 g/mol. The Kier molecular flexibility index (Phi) is 67.0. The molecule has 8 aromatic carbocycles. The molecule has 630 valence electrons. The van der Waals surface area contributed by atoms with E-state index in [9.17, 15) is 43.5 Å². The number of hydrogen-bond acceptors (Lipinski definition) is 23. The molecule has 41 heteroatoms. The lowest BCUT2D eigenvalue weighted by molar-refractivity contribution is -0.135. The Morgan fingerprint density at radius 3 is 0.641 bits per heavy atom. The van der Waals surface area contributed by atoms with Gasteiger partial charge in [-0.05, 0) is 91.0 Å². The number of amides is 8. The van der Waals surface area contributed by atoms with Crippen molar-refractivity contribution in [2.75, 3.05) is 42.5 Å². The number of carbonyl (C=O) groups is 14. The van der Waals surface area contributed by atoms with Gasteiger partial charge in [0.1, 0.15) is 34.4 Å². The second-order valence-electron chi connectivity index (χ2n) is 21.5. The van der Waals surface area contributed by atoms with Crippen LogP contribution in [0.25, 0.3) is 9.95 Å². The van der Waals surface area contributed by atoms with E-state index in [2.05, 4.69) is 62.7 Å². The number of anilines is 8. The highest BCUT2D eigenvalue weighted by Gasteiger charge is 2.08. The van der Waals surface area contributed by atoms with Gasteiger partial charge in [0.25, 0.3) is 35.8 Å². The van der Waals surface area contributed by atoms with Crippen LogP contribution in [-0.4, -0.2) is 139 Å². The van der Waals surface area contributed by atoms with Crippen LogP contribution in [0.5, 0.6) is 28.7 Å². The highest BCUT2D eigenvalue weighted by atomic mass is 35.5. The van der Waals surface area contributed by atoms with Crippen molar-refractivity contribution in [3.63, 3.8) is 0 Å². The highest BCUT2D eigenvalue weighted by Crippen LogP contribution is 2.32. The van der Waals surface area contributed by atoms with E-state index < -0.39 is 35.8 Å². The smallest absolute Gasteiger partial charge is 0.387 e. The molecule has 8 amide bonds. The minimum Gasteiger partial charge on any atom is -1.00 e. The maximum atomic E-state index is 11.0. The molecular formula is C76H92Cl2N14O25. The molecule has 39 nitrogen and oxygen atoms in total. The summed E-state index contributed by atoms with van der Waals surface area (Å²) >= 11 is 0. The number of aromatic hydroxyl groups is 5. The maximum Gasteiger partial charge on any atom is 0.387 e. The molecule has 0 heterocycles. The van der Waals surface area contributed by atoms with Crippen LogP contribution in [0, 0.1) is 10.8 Å². The van der Waals surface area contributed by atoms with Crippen molar-refractivity contribution >= 4 is 151 Å². The summed E-state index contributed by atoms with van der Waals surface area (Å²) < 4.78 is 0. The van der Waals surface area contributed by atoms with Crippen LogP contribution in [-0.2, 0) is 67.1 Å². The lowest BCUT2D eigenvalue weighted by Gasteiger charge is -2.04. The summed E-state index contributed by atoms with van der Waals surface area (Å²) in [6, 6.07) is 50.3. The molecule has 8 rings (SSSR count). The van der Waals surface area contributed by atoms with E-state index in [1.54, 1.807) is 158 Å². The second kappa shape index (κ2) is 68.4. The number of azo groups is 1. The van der Waals surface area contributed by atoms with Crippen molar-refractivity contribution in [2.24, 2.45) is 10.2 Å². The molecule has 0 unspecified atom stereocenters. The van der Waals surface area contributed by atoms with Crippen molar-refractivity contribution in [1.29, 1.82) is 10.8 Å². The normalized spacial score (nSPS) is 8.58. The number of nitrogens with one attached hydrogen (secondary N) is 8.